The van der Waals surface area contributed by atoms with Crippen molar-refractivity contribution < 1.29 is 0 Å². The van der Waals surface area contributed by atoms with Gasteiger partial charge >= 0.3 is 134 Å². The van der Waals surface area contributed by atoms with Gasteiger partial charge in [-0.25, -0.2) is 0 Å². The molecule has 0 spiro atoms. The third kappa shape index (κ3) is 2.33. The van der Waals surface area contributed by atoms with E-state index in [1.54, 1.807) is 6.98 Å². The van der Waals surface area contributed by atoms with E-state index in [-0.39, 0.29) is 20.4 Å². The van der Waals surface area contributed by atoms with E-state index in [4.69, 9.17) is 0 Å². The molecule has 0 nitrogen and oxygen atoms in total. The minimum absolute atomic E-state index is 0.313. The first kappa shape index (κ1) is 12.9. The van der Waals surface area contributed by atoms with Crippen LogP contribution in [0.1, 0.15) is 0 Å². The zero-order valence-corrected chi connectivity index (χ0v) is 13.8. The van der Waals surface area contributed by atoms with Crippen molar-refractivity contribution >= 4 is 29.2 Å². The molecule has 0 radical (unpaired) electrons. The molecule has 1 aromatic heterocycles. The first-order valence-corrected chi connectivity index (χ1v) is 9.39. The van der Waals surface area contributed by atoms with Crippen LogP contribution in [0.4, 0.5) is 0 Å². The fourth-order valence-corrected chi connectivity index (χ4v) is 6.24. The van der Waals surface area contributed by atoms with Gasteiger partial charge in [0.2, 0.25) is 0 Å². The summed E-state index contributed by atoms with van der Waals surface area (Å²) in [6.07, 6.45) is 0. The average molecular weight is 382 g/mol. The molecule has 0 saturated carbocycles. The molecule has 0 amide bonds. The van der Waals surface area contributed by atoms with Crippen LogP contribution in [0.25, 0.3) is 29.1 Å². The van der Waals surface area contributed by atoms with Crippen molar-refractivity contribution in [1.82, 2.24) is 0 Å². The summed E-state index contributed by atoms with van der Waals surface area (Å²) in [4.78, 5) is 0. The summed E-state index contributed by atoms with van der Waals surface area (Å²) < 4.78 is 3.12. The second kappa shape index (κ2) is 5.53. The summed E-state index contributed by atoms with van der Waals surface area (Å²) in [5.74, 6) is 0. The Labute approximate surface area is 134 Å². The zero-order chi connectivity index (χ0) is 14.1. The van der Waals surface area contributed by atoms with E-state index < -0.39 is 0 Å². The van der Waals surface area contributed by atoms with Crippen LogP contribution in [0, 0.1) is 0 Å². The van der Waals surface area contributed by atoms with Crippen molar-refractivity contribution in [3.63, 3.8) is 0 Å². The van der Waals surface area contributed by atoms with Gasteiger partial charge < -0.3 is 0 Å². The Morgan fingerprint density at radius 2 is 1.10 bits per heavy atom. The first-order valence-electron chi connectivity index (χ1n) is 7.06. The predicted molar refractivity (Wildman–Crippen MR) is 91.8 cm³/mol. The number of hydrogen-bond donors (Lipinski definition) is 0. The van der Waals surface area contributed by atoms with Crippen LogP contribution in [0.3, 0.4) is 0 Å². The second-order valence-electron chi connectivity index (χ2n) is 5.03. The van der Waals surface area contributed by atoms with Crippen LogP contribution >= 0.6 is 0 Å². The van der Waals surface area contributed by atoms with Crippen LogP contribution < -0.4 is 0 Å². The van der Waals surface area contributed by atoms with E-state index in [1.807, 2.05) is 0 Å². The monoisotopic (exact) mass is 384 g/mol. The summed E-state index contributed by atoms with van der Waals surface area (Å²) in [5.41, 5.74) is 4.17. The Kier molecular flexibility index (Phi) is 3.39. The third-order valence-electron chi connectivity index (χ3n) is 3.69. The molecule has 0 aliphatic carbocycles. The van der Waals surface area contributed by atoms with Crippen molar-refractivity contribution in [3.8, 4) is 20.3 Å². The normalized spacial score (nSPS) is 10.9. The molecule has 0 aliphatic rings. The Morgan fingerprint density at radius 1 is 0.524 bits per heavy atom. The van der Waals surface area contributed by atoms with Gasteiger partial charge in [-0.05, 0) is 0 Å². The Morgan fingerprint density at radius 3 is 1.81 bits per heavy atom. The minimum atomic E-state index is -0.313. The second-order valence-corrected chi connectivity index (χ2v) is 8.04. The summed E-state index contributed by atoms with van der Waals surface area (Å²) in [5, 5.41) is 1.44. The Bertz CT molecular complexity index is 874. The maximum absolute atomic E-state index is 2.30. The predicted octanol–water partition coefficient (Wildman–Crippen LogP) is 5.23. The molecule has 1 heterocycles. The van der Waals surface area contributed by atoms with Gasteiger partial charge in [-0.1, -0.05) is 0 Å². The molecule has 21 heavy (non-hydrogen) atoms. The third-order valence-corrected chi connectivity index (χ3v) is 7.18. The van der Waals surface area contributed by atoms with Crippen LogP contribution in [-0.2, 0) is 0 Å². The Hall–Kier alpha value is -1.81. The molecule has 3 aromatic carbocycles. The summed E-state index contributed by atoms with van der Waals surface area (Å²) in [7, 11) is 0. The topological polar surface area (TPSA) is 0 Å². The van der Waals surface area contributed by atoms with Crippen molar-refractivity contribution in [1.29, 1.82) is 0 Å². The van der Waals surface area contributed by atoms with Crippen molar-refractivity contribution in [2.75, 3.05) is 0 Å². The molecule has 0 N–H and O–H groups in total. The molecule has 4 rings (SSSR count). The van der Waals surface area contributed by atoms with Gasteiger partial charge in [0.25, 0.3) is 0 Å². The fraction of sp³-hybridized carbons (Fsp3) is 0. The molecular formula is C20H14Te. The van der Waals surface area contributed by atoms with Gasteiger partial charge in [-0.3, -0.25) is 0 Å². The summed E-state index contributed by atoms with van der Waals surface area (Å²) in [6, 6.07) is 30.6. The summed E-state index contributed by atoms with van der Waals surface area (Å²) in [6.45, 7) is 0. The van der Waals surface area contributed by atoms with Gasteiger partial charge in [0.1, 0.15) is 0 Å². The van der Waals surface area contributed by atoms with Gasteiger partial charge in [-0.15, -0.1) is 0 Å². The number of rotatable bonds is 2. The van der Waals surface area contributed by atoms with E-state index in [2.05, 4.69) is 84.9 Å². The molecule has 0 fully saturated rings. The van der Waals surface area contributed by atoms with E-state index in [0.29, 0.717) is 0 Å². The molecule has 0 bridgehead atoms. The van der Waals surface area contributed by atoms with Gasteiger partial charge in [0, 0.05) is 0 Å². The fourth-order valence-electron chi connectivity index (χ4n) is 2.73. The Balaban J connectivity index is 2.07. The van der Waals surface area contributed by atoms with Gasteiger partial charge in [-0.2, -0.15) is 0 Å². The van der Waals surface area contributed by atoms with Crippen molar-refractivity contribution in [2.24, 2.45) is 0 Å². The standard InChI is InChI=1S/C20H14Te/c1-3-9-15(10-4-1)19-17-13-7-8-14-18(17)21-20(19)16-11-5-2-6-12-16/h1-14H. The maximum atomic E-state index is 2.30. The van der Waals surface area contributed by atoms with E-state index >= 15 is 0 Å². The van der Waals surface area contributed by atoms with Crippen molar-refractivity contribution in [3.05, 3.63) is 84.9 Å². The molecule has 0 aliphatic heterocycles. The number of hydrogen-bond acceptors (Lipinski definition) is 0. The molecule has 100 valence electrons. The van der Waals surface area contributed by atoms with Crippen LogP contribution in [-0.4, -0.2) is 20.4 Å². The molecule has 0 saturated heterocycles. The molecule has 1 heteroatoms. The number of fused-ring (bicyclic) bond motifs is 1. The van der Waals surface area contributed by atoms with Crippen LogP contribution in [0.15, 0.2) is 84.9 Å². The quantitative estimate of drug-likeness (QED) is 0.417. The molecule has 4 aromatic rings. The molecular weight excluding hydrogens is 368 g/mol. The van der Waals surface area contributed by atoms with Crippen LogP contribution in [0.2, 0.25) is 0 Å². The van der Waals surface area contributed by atoms with Crippen molar-refractivity contribution in [2.45, 2.75) is 0 Å². The van der Waals surface area contributed by atoms with E-state index in [1.165, 1.54) is 22.1 Å². The number of benzene rings is 3. The molecule has 0 unspecified atom stereocenters. The van der Waals surface area contributed by atoms with Gasteiger partial charge in [0.05, 0.1) is 0 Å². The summed E-state index contributed by atoms with van der Waals surface area (Å²) >= 11 is -0.313. The first-order chi connectivity index (χ1) is 10.4. The van der Waals surface area contributed by atoms with Crippen LogP contribution in [0.5, 0.6) is 0 Å². The average Bonchev–Trinajstić information content (AvgIpc) is 2.96. The molecule has 0 atom stereocenters. The zero-order valence-electron chi connectivity index (χ0n) is 11.5. The SMILES string of the molecule is c1ccc(-c2[te]c3ccccc3c2-c2ccccc2)cc1. The van der Waals surface area contributed by atoms with E-state index in [9.17, 15) is 0 Å². The van der Waals surface area contributed by atoms with Gasteiger partial charge in [0.15, 0.2) is 0 Å². The van der Waals surface area contributed by atoms with E-state index in [0.717, 1.165) is 0 Å².